The van der Waals surface area contributed by atoms with E-state index in [1.54, 1.807) is 18.2 Å². The van der Waals surface area contributed by atoms with Gasteiger partial charge in [0.25, 0.3) is 0 Å². The fraction of sp³-hybridized carbons (Fsp3) is 0.0909. The first-order valence-electron chi connectivity index (χ1n) is 9.26. The normalized spacial score (nSPS) is 14.2. The molecule has 0 saturated heterocycles. The Morgan fingerprint density at radius 2 is 1.68 bits per heavy atom. The lowest BCUT2D eigenvalue weighted by Crippen LogP contribution is -2.43. The van der Waals surface area contributed by atoms with Crippen molar-refractivity contribution in [2.45, 2.75) is 11.8 Å². The van der Waals surface area contributed by atoms with E-state index in [1.165, 1.54) is 47.1 Å². The maximum absolute atomic E-state index is 14.2. The summed E-state index contributed by atoms with van der Waals surface area (Å²) in [5.74, 6) is -0.426. The van der Waals surface area contributed by atoms with Gasteiger partial charge in [-0.2, -0.15) is 13.2 Å². The van der Waals surface area contributed by atoms with Crippen LogP contribution in [0.25, 0.3) is 27.6 Å². The summed E-state index contributed by atoms with van der Waals surface area (Å²) in [4.78, 5) is 2.78. The van der Waals surface area contributed by atoms with E-state index in [1.807, 2.05) is 0 Å². The fourth-order valence-corrected chi connectivity index (χ4v) is 3.76. The van der Waals surface area contributed by atoms with Gasteiger partial charge in [-0.25, -0.2) is 9.07 Å². The van der Waals surface area contributed by atoms with E-state index in [0.717, 1.165) is 12.3 Å². The number of aromatic nitrogens is 4. The molecule has 5 nitrogen and oxygen atoms in total. The lowest BCUT2D eigenvalue weighted by Gasteiger charge is -2.31. The molecule has 0 aliphatic rings. The standard InChI is InChI=1S/C22H14F4N4O/c23-14-6-8-15(9-7-14)30-20-10-5-13(11-19(20)28-29-30)21(31,22(24,25)26)17-12-27-18-4-2-1-3-16(17)18/h1-12,27,31H. The van der Waals surface area contributed by atoms with Crippen LogP contribution >= 0.6 is 0 Å². The van der Waals surface area contributed by atoms with Crippen molar-refractivity contribution in [2.75, 3.05) is 0 Å². The Bertz CT molecular complexity index is 1400. The van der Waals surface area contributed by atoms with Crippen molar-refractivity contribution < 1.29 is 22.7 Å². The van der Waals surface area contributed by atoms with E-state index in [-0.39, 0.29) is 22.0 Å². The van der Waals surface area contributed by atoms with Crippen molar-refractivity contribution in [2.24, 2.45) is 0 Å². The van der Waals surface area contributed by atoms with Crippen LogP contribution < -0.4 is 0 Å². The monoisotopic (exact) mass is 426 g/mol. The third-order valence-electron chi connectivity index (χ3n) is 5.32. The maximum Gasteiger partial charge on any atom is 0.425 e. The van der Waals surface area contributed by atoms with Gasteiger partial charge in [-0.1, -0.05) is 29.5 Å². The predicted molar refractivity (Wildman–Crippen MR) is 106 cm³/mol. The van der Waals surface area contributed by atoms with Gasteiger partial charge in [0, 0.05) is 22.7 Å². The molecule has 9 heteroatoms. The van der Waals surface area contributed by atoms with E-state index >= 15 is 0 Å². The van der Waals surface area contributed by atoms with E-state index in [4.69, 9.17) is 0 Å². The zero-order valence-corrected chi connectivity index (χ0v) is 15.7. The molecule has 0 amide bonds. The molecule has 0 fully saturated rings. The quantitative estimate of drug-likeness (QED) is 0.406. The van der Waals surface area contributed by atoms with E-state index in [0.29, 0.717) is 16.7 Å². The van der Waals surface area contributed by atoms with Gasteiger partial charge in [-0.15, -0.1) is 5.10 Å². The number of nitrogens with one attached hydrogen (secondary N) is 1. The average Bonchev–Trinajstić information content (AvgIpc) is 3.37. The first-order chi connectivity index (χ1) is 14.8. The minimum absolute atomic E-state index is 0.157. The van der Waals surface area contributed by atoms with Gasteiger partial charge in [-0.05, 0) is 48.0 Å². The molecule has 31 heavy (non-hydrogen) atoms. The number of hydrogen-bond donors (Lipinski definition) is 2. The molecular formula is C22H14F4N4O. The average molecular weight is 426 g/mol. The summed E-state index contributed by atoms with van der Waals surface area (Å²) in [5.41, 5.74) is -2.41. The molecule has 0 aliphatic carbocycles. The molecule has 2 N–H and O–H groups in total. The Hall–Kier alpha value is -3.72. The van der Waals surface area contributed by atoms with Gasteiger partial charge in [0.15, 0.2) is 0 Å². The van der Waals surface area contributed by atoms with Gasteiger partial charge in [0.2, 0.25) is 5.60 Å². The number of nitrogens with zero attached hydrogens (tertiary/aromatic N) is 3. The third kappa shape index (κ3) is 2.89. The second-order valence-electron chi connectivity index (χ2n) is 7.14. The van der Waals surface area contributed by atoms with Crippen LogP contribution in [0, 0.1) is 5.82 Å². The summed E-state index contributed by atoms with van der Waals surface area (Å²) in [6.07, 6.45) is -3.84. The highest BCUT2D eigenvalue weighted by molar-refractivity contribution is 5.85. The molecule has 0 radical (unpaired) electrons. The van der Waals surface area contributed by atoms with Crippen LogP contribution in [0.4, 0.5) is 17.6 Å². The van der Waals surface area contributed by atoms with E-state index in [2.05, 4.69) is 15.3 Å². The van der Waals surface area contributed by atoms with Crippen LogP contribution in [-0.4, -0.2) is 31.3 Å². The fourth-order valence-electron chi connectivity index (χ4n) is 3.76. The molecule has 1 unspecified atom stereocenters. The molecule has 0 aliphatic heterocycles. The maximum atomic E-state index is 14.2. The summed E-state index contributed by atoms with van der Waals surface area (Å²) in [7, 11) is 0. The van der Waals surface area contributed by atoms with Crippen molar-refractivity contribution in [3.8, 4) is 5.69 Å². The van der Waals surface area contributed by atoms with E-state index in [9.17, 15) is 22.7 Å². The Morgan fingerprint density at radius 3 is 2.42 bits per heavy atom. The van der Waals surface area contributed by atoms with Crippen molar-refractivity contribution in [3.05, 3.63) is 89.9 Å². The Balaban J connectivity index is 1.69. The van der Waals surface area contributed by atoms with Gasteiger partial charge >= 0.3 is 6.18 Å². The van der Waals surface area contributed by atoms with Crippen LogP contribution in [0.2, 0.25) is 0 Å². The summed E-state index contributed by atoms with van der Waals surface area (Å²) in [6, 6.07) is 15.7. The number of aromatic amines is 1. The molecule has 0 spiro atoms. The van der Waals surface area contributed by atoms with E-state index < -0.39 is 17.6 Å². The number of halogens is 4. The number of aliphatic hydroxyl groups is 1. The first-order valence-corrected chi connectivity index (χ1v) is 9.26. The van der Waals surface area contributed by atoms with Crippen LogP contribution in [0.3, 0.4) is 0 Å². The first kappa shape index (κ1) is 19.3. The number of H-pyrrole nitrogens is 1. The molecule has 5 rings (SSSR count). The number of alkyl halides is 3. The topological polar surface area (TPSA) is 66.7 Å². The molecule has 5 aromatic rings. The van der Waals surface area contributed by atoms with Gasteiger partial charge in [0.05, 0.1) is 11.2 Å². The smallest absolute Gasteiger partial charge is 0.372 e. The molecule has 156 valence electrons. The van der Waals surface area contributed by atoms with Crippen molar-refractivity contribution in [3.63, 3.8) is 0 Å². The van der Waals surface area contributed by atoms with Crippen LogP contribution in [0.1, 0.15) is 11.1 Å². The van der Waals surface area contributed by atoms with Crippen LogP contribution in [0.5, 0.6) is 0 Å². The highest BCUT2D eigenvalue weighted by Gasteiger charge is 2.57. The minimum atomic E-state index is -5.00. The van der Waals surface area contributed by atoms with Crippen molar-refractivity contribution in [1.82, 2.24) is 20.0 Å². The summed E-state index contributed by atoms with van der Waals surface area (Å²) >= 11 is 0. The van der Waals surface area contributed by atoms with Gasteiger partial charge in [-0.3, -0.25) is 0 Å². The minimum Gasteiger partial charge on any atom is -0.372 e. The predicted octanol–water partition coefficient (Wildman–Crippen LogP) is 4.84. The molecule has 0 bridgehead atoms. The summed E-state index contributed by atoms with van der Waals surface area (Å²) in [6.45, 7) is 0. The molecule has 1 atom stereocenters. The summed E-state index contributed by atoms with van der Waals surface area (Å²) in [5, 5.41) is 19.2. The highest BCUT2D eigenvalue weighted by atomic mass is 19.4. The number of benzene rings is 3. The largest absolute Gasteiger partial charge is 0.425 e. The third-order valence-corrected chi connectivity index (χ3v) is 5.32. The Labute approximate surface area is 172 Å². The lowest BCUT2D eigenvalue weighted by molar-refractivity contribution is -0.247. The number of hydrogen-bond acceptors (Lipinski definition) is 3. The zero-order valence-electron chi connectivity index (χ0n) is 15.7. The Kier molecular flexibility index (Phi) is 4.13. The molecule has 0 saturated carbocycles. The van der Waals surface area contributed by atoms with Crippen LogP contribution in [-0.2, 0) is 5.60 Å². The summed E-state index contributed by atoms with van der Waals surface area (Å²) < 4.78 is 57.3. The second kappa shape index (κ2) is 6.64. The molecular weight excluding hydrogens is 412 g/mol. The Morgan fingerprint density at radius 1 is 0.935 bits per heavy atom. The number of para-hydroxylation sites is 1. The highest BCUT2D eigenvalue weighted by Crippen LogP contribution is 2.46. The number of fused-ring (bicyclic) bond motifs is 2. The molecule has 2 heterocycles. The lowest BCUT2D eigenvalue weighted by atomic mass is 9.85. The number of rotatable bonds is 3. The molecule has 3 aromatic carbocycles. The van der Waals surface area contributed by atoms with Crippen molar-refractivity contribution in [1.29, 1.82) is 0 Å². The van der Waals surface area contributed by atoms with Crippen molar-refractivity contribution >= 4 is 21.9 Å². The van der Waals surface area contributed by atoms with Crippen LogP contribution in [0.15, 0.2) is 72.9 Å². The second-order valence-corrected chi connectivity index (χ2v) is 7.14. The van der Waals surface area contributed by atoms with Gasteiger partial charge < -0.3 is 10.1 Å². The SMILES string of the molecule is OC(c1ccc2c(c1)nnn2-c1ccc(F)cc1)(c1c[nH]c2ccccc12)C(F)(F)F. The van der Waals surface area contributed by atoms with Gasteiger partial charge in [0.1, 0.15) is 11.3 Å². The molecule has 2 aromatic heterocycles. The zero-order chi connectivity index (χ0) is 21.8.